The minimum atomic E-state index is 0.760. The van der Waals surface area contributed by atoms with Crippen molar-refractivity contribution in [2.24, 2.45) is 5.92 Å². The standard InChI is InChI=1S/C11H22N2/c1-9-8-13(10-4-3-5-10)7-6-11(9)12-2/h9-12H,3-8H2,1-2H3. The molecule has 1 heterocycles. The molecule has 2 nitrogen and oxygen atoms in total. The fraction of sp³-hybridized carbons (Fsp3) is 1.00. The van der Waals surface area contributed by atoms with E-state index >= 15 is 0 Å². The van der Waals surface area contributed by atoms with Crippen molar-refractivity contribution in [3.63, 3.8) is 0 Å². The lowest BCUT2D eigenvalue weighted by molar-refractivity contribution is 0.0663. The lowest BCUT2D eigenvalue weighted by Crippen LogP contribution is -2.52. The number of hydrogen-bond acceptors (Lipinski definition) is 2. The SMILES string of the molecule is CNC1CCN(C2CCC2)CC1C. The van der Waals surface area contributed by atoms with Gasteiger partial charge in [-0.3, -0.25) is 0 Å². The van der Waals surface area contributed by atoms with E-state index in [1.807, 2.05) is 0 Å². The highest BCUT2D eigenvalue weighted by Crippen LogP contribution is 2.28. The largest absolute Gasteiger partial charge is 0.317 e. The summed E-state index contributed by atoms with van der Waals surface area (Å²) in [6.45, 7) is 5.02. The molecule has 0 aromatic heterocycles. The Morgan fingerprint density at radius 3 is 2.46 bits per heavy atom. The fourth-order valence-corrected chi connectivity index (χ4v) is 2.69. The first-order chi connectivity index (χ1) is 6.31. The van der Waals surface area contributed by atoms with Crippen LogP contribution >= 0.6 is 0 Å². The van der Waals surface area contributed by atoms with Gasteiger partial charge in [0.2, 0.25) is 0 Å². The van der Waals surface area contributed by atoms with E-state index in [4.69, 9.17) is 0 Å². The van der Waals surface area contributed by atoms with Crippen LogP contribution in [0.3, 0.4) is 0 Å². The van der Waals surface area contributed by atoms with Crippen LogP contribution in [0, 0.1) is 5.92 Å². The molecule has 2 unspecified atom stereocenters. The maximum Gasteiger partial charge on any atom is 0.0114 e. The molecule has 76 valence electrons. The molecule has 0 bridgehead atoms. The number of hydrogen-bond donors (Lipinski definition) is 1. The van der Waals surface area contributed by atoms with Crippen molar-refractivity contribution < 1.29 is 0 Å². The molecule has 2 aliphatic rings. The van der Waals surface area contributed by atoms with Crippen LogP contribution in [0.1, 0.15) is 32.6 Å². The lowest BCUT2D eigenvalue weighted by Gasteiger charge is -2.44. The second-order valence-corrected chi connectivity index (χ2v) is 4.74. The van der Waals surface area contributed by atoms with E-state index in [1.54, 1.807) is 0 Å². The molecule has 2 fully saturated rings. The molecule has 13 heavy (non-hydrogen) atoms. The second kappa shape index (κ2) is 3.97. The fourth-order valence-electron chi connectivity index (χ4n) is 2.69. The summed E-state index contributed by atoms with van der Waals surface area (Å²) in [6.07, 6.45) is 5.72. The van der Waals surface area contributed by atoms with Crippen molar-refractivity contribution in [1.82, 2.24) is 10.2 Å². The maximum absolute atomic E-state index is 3.42. The molecule has 2 rings (SSSR count). The Hall–Kier alpha value is -0.0800. The molecule has 1 aliphatic heterocycles. The zero-order valence-corrected chi connectivity index (χ0v) is 8.92. The monoisotopic (exact) mass is 182 g/mol. The van der Waals surface area contributed by atoms with Gasteiger partial charge in [0.05, 0.1) is 0 Å². The molecule has 2 atom stereocenters. The van der Waals surface area contributed by atoms with Gasteiger partial charge in [0.25, 0.3) is 0 Å². The summed E-state index contributed by atoms with van der Waals surface area (Å²) in [5, 5.41) is 3.42. The van der Waals surface area contributed by atoms with Crippen LogP contribution < -0.4 is 5.32 Å². The minimum Gasteiger partial charge on any atom is -0.317 e. The number of nitrogens with one attached hydrogen (secondary N) is 1. The van der Waals surface area contributed by atoms with Crippen LogP contribution in [-0.2, 0) is 0 Å². The summed E-state index contributed by atoms with van der Waals surface area (Å²) in [5.74, 6) is 0.833. The van der Waals surface area contributed by atoms with Crippen molar-refractivity contribution in [2.75, 3.05) is 20.1 Å². The van der Waals surface area contributed by atoms with E-state index < -0.39 is 0 Å². The van der Waals surface area contributed by atoms with Crippen molar-refractivity contribution in [1.29, 1.82) is 0 Å². The Kier molecular flexibility index (Phi) is 2.89. The van der Waals surface area contributed by atoms with E-state index in [0.29, 0.717) is 0 Å². The smallest absolute Gasteiger partial charge is 0.0114 e. The third-order valence-corrected chi connectivity index (χ3v) is 3.90. The zero-order valence-electron chi connectivity index (χ0n) is 8.92. The maximum atomic E-state index is 3.42. The molecule has 2 heteroatoms. The quantitative estimate of drug-likeness (QED) is 0.695. The van der Waals surface area contributed by atoms with E-state index in [1.165, 1.54) is 38.8 Å². The molecular weight excluding hydrogens is 160 g/mol. The van der Waals surface area contributed by atoms with Gasteiger partial charge in [-0.1, -0.05) is 13.3 Å². The molecule has 0 radical (unpaired) electrons. The van der Waals surface area contributed by atoms with Gasteiger partial charge in [0, 0.05) is 18.6 Å². The van der Waals surface area contributed by atoms with Crippen LogP contribution in [0.5, 0.6) is 0 Å². The average molecular weight is 182 g/mol. The molecule has 1 N–H and O–H groups in total. The Bertz CT molecular complexity index is 165. The normalized spacial score (nSPS) is 37.4. The molecule has 0 aromatic rings. The topological polar surface area (TPSA) is 15.3 Å². The zero-order chi connectivity index (χ0) is 9.26. The van der Waals surface area contributed by atoms with Crippen molar-refractivity contribution in [2.45, 2.75) is 44.7 Å². The molecule has 1 aliphatic carbocycles. The predicted octanol–water partition coefficient (Wildman–Crippen LogP) is 1.47. The van der Waals surface area contributed by atoms with Gasteiger partial charge >= 0.3 is 0 Å². The Balaban J connectivity index is 1.83. The number of piperidine rings is 1. The first-order valence-electron chi connectivity index (χ1n) is 5.72. The number of likely N-dealkylation sites (tertiary alicyclic amines) is 1. The van der Waals surface area contributed by atoms with Crippen LogP contribution in [0.4, 0.5) is 0 Å². The predicted molar refractivity (Wildman–Crippen MR) is 55.8 cm³/mol. The van der Waals surface area contributed by atoms with Gasteiger partial charge in [0.1, 0.15) is 0 Å². The third kappa shape index (κ3) is 1.89. The van der Waals surface area contributed by atoms with Crippen LogP contribution in [0.15, 0.2) is 0 Å². The average Bonchev–Trinajstić information content (AvgIpc) is 2.01. The molecular formula is C11H22N2. The summed E-state index contributed by atoms with van der Waals surface area (Å²) in [4.78, 5) is 2.71. The van der Waals surface area contributed by atoms with Gasteiger partial charge in [0.15, 0.2) is 0 Å². The van der Waals surface area contributed by atoms with Crippen LogP contribution in [0.25, 0.3) is 0 Å². The second-order valence-electron chi connectivity index (χ2n) is 4.74. The third-order valence-electron chi connectivity index (χ3n) is 3.90. The molecule has 0 amide bonds. The highest BCUT2D eigenvalue weighted by Gasteiger charge is 2.31. The molecule has 0 spiro atoms. The summed E-state index contributed by atoms with van der Waals surface area (Å²) < 4.78 is 0. The van der Waals surface area contributed by atoms with Crippen molar-refractivity contribution in [3.8, 4) is 0 Å². The Morgan fingerprint density at radius 2 is 2.00 bits per heavy atom. The highest BCUT2D eigenvalue weighted by molar-refractivity contribution is 4.88. The first-order valence-corrected chi connectivity index (χ1v) is 5.72. The van der Waals surface area contributed by atoms with Gasteiger partial charge in [-0.25, -0.2) is 0 Å². The molecule has 1 saturated heterocycles. The number of nitrogens with zero attached hydrogens (tertiary/aromatic N) is 1. The van der Waals surface area contributed by atoms with Gasteiger partial charge in [-0.05, 0) is 38.8 Å². The van der Waals surface area contributed by atoms with Gasteiger partial charge in [-0.2, -0.15) is 0 Å². The highest BCUT2D eigenvalue weighted by atomic mass is 15.2. The van der Waals surface area contributed by atoms with E-state index in [-0.39, 0.29) is 0 Å². The van der Waals surface area contributed by atoms with E-state index in [9.17, 15) is 0 Å². The number of rotatable bonds is 2. The Morgan fingerprint density at radius 1 is 1.23 bits per heavy atom. The first kappa shape index (κ1) is 9.47. The van der Waals surface area contributed by atoms with Crippen LogP contribution in [-0.4, -0.2) is 37.1 Å². The minimum absolute atomic E-state index is 0.760. The Labute approximate surface area is 81.7 Å². The lowest BCUT2D eigenvalue weighted by atomic mass is 9.86. The van der Waals surface area contributed by atoms with E-state index in [0.717, 1.165) is 18.0 Å². The van der Waals surface area contributed by atoms with Crippen molar-refractivity contribution in [3.05, 3.63) is 0 Å². The van der Waals surface area contributed by atoms with Crippen molar-refractivity contribution >= 4 is 0 Å². The summed E-state index contributed by atoms with van der Waals surface area (Å²) in [7, 11) is 2.10. The summed E-state index contributed by atoms with van der Waals surface area (Å²) >= 11 is 0. The molecule has 0 aromatic carbocycles. The van der Waals surface area contributed by atoms with Gasteiger partial charge in [-0.15, -0.1) is 0 Å². The van der Waals surface area contributed by atoms with Gasteiger partial charge < -0.3 is 10.2 Å². The molecule has 1 saturated carbocycles. The van der Waals surface area contributed by atoms with Crippen LogP contribution in [0.2, 0.25) is 0 Å². The summed E-state index contributed by atoms with van der Waals surface area (Å²) in [5.41, 5.74) is 0. The summed E-state index contributed by atoms with van der Waals surface area (Å²) in [6, 6.07) is 1.71. The van der Waals surface area contributed by atoms with E-state index in [2.05, 4.69) is 24.2 Å².